The van der Waals surface area contributed by atoms with Crippen molar-refractivity contribution < 1.29 is 22.6 Å². The summed E-state index contributed by atoms with van der Waals surface area (Å²) in [6.07, 6.45) is -4.71. The molecule has 0 aliphatic carbocycles. The molecule has 2 rings (SSSR count). The molecule has 9 heteroatoms. The second-order valence-electron chi connectivity index (χ2n) is 6.50. The fourth-order valence-corrected chi connectivity index (χ4v) is 2.74. The normalized spacial score (nSPS) is 13.3. The largest absolute Gasteiger partial charge is 0.573 e. The molecule has 2 aromatic rings. The average Bonchev–Trinajstić information content (AvgIpc) is 2.66. The highest BCUT2D eigenvalue weighted by Crippen LogP contribution is 2.27. The smallest absolute Gasteiger partial charge is 0.496 e. The van der Waals surface area contributed by atoms with Crippen molar-refractivity contribution in [3.8, 4) is 11.5 Å². The molecule has 0 saturated carbocycles. The van der Waals surface area contributed by atoms with E-state index in [1.165, 1.54) is 24.3 Å². The zero-order valence-electron chi connectivity index (χ0n) is 16.5. The Bertz CT molecular complexity index is 808. The van der Waals surface area contributed by atoms with Crippen LogP contribution in [0.4, 0.5) is 13.2 Å². The van der Waals surface area contributed by atoms with Gasteiger partial charge in [-0.05, 0) is 37.9 Å². The summed E-state index contributed by atoms with van der Waals surface area (Å²) in [5, 5.41) is 3.08. The predicted octanol–water partition coefficient (Wildman–Crippen LogP) is 3.30. The third-order valence-electron chi connectivity index (χ3n) is 4.19. The van der Waals surface area contributed by atoms with Gasteiger partial charge in [-0.2, -0.15) is 0 Å². The number of ether oxygens (including phenoxy) is 2. The van der Waals surface area contributed by atoms with E-state index in [0.717, 1.165) is 11.3 Å². The first kappa shape index (κ1) is 22.4. The van der Waals surface area contributed by atoms with Crippen LogP contribution in [0.3, 0.4) is 0 Å². The van der Waals surface area contributed by atoms with Crippen LogP contribution in [0.5, 0.6) is 11.5 Å². The number of para-hydroxylation sites is 1. The molecule has 158 valence electrons. The molecule has 0 aromatic heterocycles. The number of aliphatic imine (C=N–C) groups is 1. The fourth-order valence-electron chi connectivity index (χ4n) is 2.74. The predicted molar refractivity (Wildman–Crippen MR) is 106 cm³/mol. The molecule has 6 nitrogen and oxygen atoms in total. The maximum atomic E-state index is 12.2. The van der Waals surface area contributed by atoms with Gasteiger partial charge in [0, 0.05) is 12.1 Å². The third-order valence-corrected chi connectivity index (χ3v) is 4.19. The van der Waals surface area contributed by atoms with Crippen LogP contribution in [-0.2, 0) is 6.54 Å². The fraction of sp³-hybridized carbons (Fsp3) is 0.350. The van der Waals surface area contributed by atoms with E-state index in [4.69, 9.17) is 10.5 Å². The molecule has 0 radical (unpaired) electrons. The van der Waals surface area contributed by atoms with Crippen molar-refractivity contribution in [1.82, 2.24) is 10.2 Å². The highest BCUT2D eigenvalue weighted by molar-refractivity contribution is 5.77. The molecule has 1 atom stereocenters. The number of hydrogen-bond acceptors (Lipinski definition) is 4. The third kappa shape index (κ3) is 7.19. The summed E-state index contributed by atoms with van der Waals surface area (Å²) in [5.41, 5.74) is 7.67. The number of nitrogens with zero attached hydrogens (tertiary/aromatic N) is 2. The van der Waals surface area contributed by atoms with Crippen LogP contribution in [-0.4, -0.2) is 45.0 Å². The molecule has 0 bridgehead atoms. The molecule has 0 saturated heterocycles. The minimum atomic E-state index is -4.71. The van der Waals surface area contributed by atoms with Crippen molar-refractivity contribution in [2.75, 3.05) is 27.7 Å². The van der Waals surface area contributed by atoms with E-state index in [9.17, 15) is 13.2 Å². The summed E-state index contributed by atoms with van der Waals surface area (Å²) in [7, 11) is 5.53. The van der Waals surface area contributed by atoms with Crippen LogP contribution in [0.25, 0.3) is 0 Å². The van der Waals surface area contributed by atoms with Gasteiger partial charge in [0.2, 0.25) is 0 Å². The Kier molecular flexibility index (Phi) is 7.72. The number of nitrogens with two attached hydrogens (primary N) is 1. The summed E-state index contributed by atoms with van der Waals surface area (Å²) in [6, 6.07) is 13.2. The molecule has 0 spiro atoms. The Morgan fingerprint density at radius 3 is 2.38 bits per heavy atom. The first-order chi connectivity index (χ1) is 13.7. The lowest BCUT2D eigenvalue weighted by atomic mass is 10.0. The van der Waals surface area contributed by atoms with Gasteiger partial charge in [-0.1, -0.05) is 30.3 Å². The molecule has 0 heterocycles. The molecule has 2 aromatic carbocycles. The lowest BCUT2D eigenvalue weighted by Gasteiger charge is -2.26. The number of alkyl halides is 3. The van der Waals surface area contributed by atoms with Gasteiger partial charge in [-0.3, -0.25) is 0 Å². The summed E-state index contributed by atoms with van der Waals surface area (Å²) in [4.78, 5) is 6.28. The number of halogens is 3. The van der Waals surface area contributed by atoms with E-state index in [1.807, 2.05) is 43.3 Å². The van der Waals surface area contributed by atoms with Crippen LogP contribution in [0, 0.1) is 0 Å². The Labute approximate surface area is 168 Å². The van der Waals surface area contributed by atoms with Gasteiger partial charge in [-0.25, -0.2) is 4.99 Å². The standard InChI is InChI=1S/C20H25F3N4O2/c1-27(2)17(16-6-4-5-7-18(16)28-3)13-26-19(24)25-12-14-8-10-15(11-9-14)29-20(21,22)23/h4-11,17H,12-13H2,1-3H3,(H3,24,25,26). The van der Waals surface area contributed by atoms with Crippen LogP contribution < -0.4 is 20.5 Å². The van der Waals surface area contributed by atoms with Crippen LogP contribution in [0.1, 0.15) is 17.2 Å². The Hall–Kier alpha value is -2.94. The average molecular weight is 410 g/mol. The molecular formula is C20H25F3N4O2. The van der Waals surface area contributed by atoms with Crippen molar-refractivity contribution in [2.24, 2.45) is 10.7 Å². The molecule has 29 heavy (non-hydrogen) atoms. The number of likely N-dealkylation sites (N-methyl/N-ethyl adjacent to an activating group) is 1. The van der Waals surface area contributed by atoms with Gasteiger partial charge in [0.25, 0.3) is 0 Å². The van der Waals surface area contributed by atoms with E-state index < -0.39 is 6.36 Å². The van der Waals surface area contributed by atoms with Crippen molar-refractivity contribution in [2.45, 2.75) is 18.9 Å². The van der Waals surface area contributed by atoms with Crippen molar-refractivity contribution in [3.63, 3.8) is 0 Å². The van der Waals surface area contributed by atoms with E-state index >= 15 is 0 Å². The monoisotopic (exact) mass is 410 g/mol. The molecule has 0 aliphatic heterocycles. The second-order valence-corrected chi connectivity index (χ2v) is 6.50. The highest BCUT2D eigenvalue weighted by atomic mass is 19.4. The summed E-state index contributed by atoms with van der Waals surface area (Å²) in [6.45, 7) is 0.730. The highest BCUT2D eigenvalue weighted by Gasteiger charge is 2.30. The van der Waals surface area contributed by atoms with Crippen LogP contribution >= 0.6 is 0 Å². The van der Waals surface area contributed by atoms with Gasteiger partial charge < -0.3 is 25.4 Å². The Morgan fingerprint density at radius 1 is 1.14 bits per heavy atom. The van der Waals surface area contributed by atoms with Crippen LogP contribution in [0.2, 0.25) is 0 Å². The zero-order chi connectivity index (χ0) is 21.4. The molecule has 0 aliphatic rings. The Morgan fingerprint density at radius 2 is 1.79 bits per heavy atom. The Balaban J connectivity index is 1.96. The van der Waals surface area contributed by atoms with E-state index in [2.05, 4.69) is 15.0 Å². The number of hydrogen-bond donors (Lipinski definition) is 2. The maximum Gasteiger partial charge on any atom is 0.573 e. The van der Waals surface area contributed by atoms with Gasteiger partial charge >= 0.3 is 6.36 Å². The molecule has 3 N–H and O–H groups in total. The topological polar surface area (TPSA) is 72.1 Å². The van der Waals surface area contributed by atoms with Crippen molar-refractivity contribution in [1.29, 1.82) is 0 Å². The summed E-state index contributed by atoms with van der Waals surface area (Å²) < 4.78 is 45.9. The molecule has 0 amide bonds. The van der Waals surface area contributed by atoms with Gasteiger partial charge in [0.1, 0.15) is 11.5 Å². The number of guanidine groups is 1. The van der Waals surface area contributed by atoms with Gasteiger partial charge in [0.15, 0.2) is 5.96 Å². The SMILES string of the molecule is COc1ccccc1C(CNC(N)=NCc1ccc(OC(F)(F)F)cc1)N(C)C. The first-order valence-corrected chi connectivity index (χ1v) is 8.87. The quantitative estimate of drug-likeness (QED) is 0.516. The molecule has 0 fully saturated rings. The summed E-state index contributed by atoms with van der Waals surface area (Å²) in [5.74, 6) is 0.744. The van der Waals surface area contributed by atoms with Crippen molar-refractivity contribution >= 4 is 5.96 Å². The lowest BCUT2D eigenvalue weighted by Crippen LogP contribution is -2.38. The summed E-state index contributed by atoms with van der Waals surface area (Å²) >= 11 is 0. The van der Waals surface area contributed by atoms with Crippen LogP contribution in [0.15, 0.2) is 53.5 Å². The second kappa shape index (κ2) is 10.0. The van der Waals surface area contributed by atoms with E-state index in [-0.39, 0.29) is 24.3 Å². The zero-order valence-corrected chi connectivity index (χ0v) is 16.5. The minimum Gasteiger partial charge on any atom is -0.496 e. The van der Waals surface area contributed by atoms with E-state index in [1.54, 1.807) is 7.11 Å². The maximum absolute atomic E-state index is 12.2. The number of methoxy groups -OCH3 is 1. The number of nitrogens with one attached hydrogen (secondary N) is 1. The van der Waals surface area contributed by atoms with E-state index in [0.29, 0.717) is 12.1 Å². The lowest BCUT2D eigenvalue weighted by molar-refractivity contribution is -0.274. The first-order valence-electron chi connectivity index (χ1n) is 8.87. The molecule has 1 unspecified atom stereocenters. The molecular weight excluding hydrogens is 385 g/mol. The van der Waals surface area contributed by atoms with Gasteiger partial charge in [0.05, 0.1) is 19.7 Å². The minimum absolute atomic E-state index is 0.00120. The van der Waals surface area contributed by atoms with Gasteiger partial charge in [-0.15, -0.1) is 13.2 Å². The number of rotatable bonds is 8. The van der Waals surface area contributed by atoms with Crippen molar-refractivity contribution in [3.05, 3.63) is 59.7 Å². The number of benzene rings is 2.